The molecule has 1 atom stereocenters. The summed E-state index contributed by atoms with van der Waals surface area (Å²) < 4.78 is 0. The molecule has 4 aliphatic carbocycles. The number of hydrogen-bond donors (Lipinski definition) is 0. The highest BCUT2D eigenvalue weighted by atomic mass is 15.2. The Morgan fingerprint density at radius 2 is 1.01 bits per heavy atom. The molecule has 0 radical (unpaired) electrons. The van der Waals surface area contributed by atoms with Crippen LogP contribution >= 0.6 is 0 Å². The van der Waals surface area contributed by atoms with E-state index in [0.717, 1.165) is 17.8 Å². The van der Waals surface area contributed by atoms with Crippen LogP contribution in [0.4, 0.5) is 28.4 Å². The Balaban J connectivity index is 1.03. The van der Waals surface area contributed by atoms with Gasteiger partial charge in [-0.1, -0.05) is 198 Å². The van der Waals surface area contributed by atoms with Crippen molar-refractivity contribution in [2.75, 3.05) is 9.80 Å². The molecule has 67 heavy (non-hydrogen) atoms. The minimum atomic E-state index is -0.502. The van der Waals surface area contributed by atoms with Crippen molar-refractivity contribution in [2.24, 2.45) is 5.92 Å². The molecular weight excluding hydrogens is 809 g/mol. The van der Waals surface area contributed by atoms with Crippen molar-refractivity contribution in [3.05, 3.63) is 280 Å². The lowest BCUT2D eigenvalue weighted by Crippen LogP contribution is -2.33. The van der Waals surface area contributed by atoms with Gasteiger partial charge in [0.25, 0.3) is 0 Å². The fourth-order valence-corrected chi connectivity index (χ4v) is 12.6. The van der Waals surface area contributed by atoms with Crippen LogP contribution in [0, 0.1) is 5.92 Å². The molecule has 0 spiro atoms. The highest BCUT2D eigenvalue weighted by molar-refractivity contribution is 5.91. The van der Waals surface area contributed by atoms with Crippen LogP contribution in [-0.2, 0) is 16.2 Å². The first kappa shape index (κ1) is 39.7. The number of anilines is 5. The Bertz CT molecular complexity index is 3410. The van der Waals surface area contributed by atoms with E-state index in [1.54, 1.807) is 0 Å². The molecule has 2 nitrogen and oxygen atoms in total. The normalized spacial score (nSPS) is 18.0. The van der Waals surface area contributed by atoms with Crippen molar-refractivity contribution >= 4 is 28.4 Å². The molecule has 0 saturated heterocycles. The molecular formula is C65H52N2. The summed E-state index contributed by atoms with van der Waals surface area (Å²) in [7, 11) is 0. The molecule has 0 aromatic heterocycles. The highest BCUT2D eigenvalue weighted by Gasteiger charge is 2.48. The van der Waals surface area contributed by atoms with Crippen molar-refractivity contribution in [1.82, 2.24) is 0 Å². The average molecular weight is 861 g/mol. The SMILES string of the molecule is CC1(C)c2ccccc2-c2cc(N(C3=CCC4C=CC=CC4=C3)c3ccc4c(c3)C(C)(C)c3cc(C5(c6ccccc6)c6ccccc6-c6ccccc65)ccc3N4c3ccccc3)ccc21. The van der Waals surface area contributed by atoms with E-state index in [-0.39, 0.29) is 10.8 Å². The van der Waals surface area contributed by atoms with E-state index in [2.05, 4.69) is 262 Å². The molecule has 1 unspecified atom stereocenters. The molecule has 1 aliphatic heterocycles. The first-order valence-corrected chi connectivity index (χ1v) is 24.0. The van der Waals surface area contributed by atoms with Crippen LogP contribution in [0.2, 0.25) is 0 Å². The van der Waals surface area contributed by atoms with E-state index in [0.29, 0.717) is 5.92 Å². The van der Waals surface area contributed by atoms with E-state index in [9.17, 15) is 0 Å². The number of nitrogens with zero attached hydrogens (tertiary/aromatic N) is 2. The molecule has 0 saturated carbocycles. The topological polar surface area (TPSA) is 6.48 Å². The van der Waals surface area contributed by atoms with Crippen LogP contribution in [0.25, 0.3) is 22.3 Å². The maximum atomic E-state index is 2.56. The molecule has 2 heteroatoms. The molecule has 0 fully saturated rings. The average Bonchev–Trinajstić information content (AvgIpc) is 3.80. The van der Waals surface area contributed by atoms with Gasteiger partial charge in [0.05, 0.1) is 16.8 Å². The molecule has 0 bridgehead atoms. The summed E-state index contributed by atoms with van der Waals surface area (Å²) in [5.41, 5.74) is 23.3. The number of allylic oxidation sites excluding steroid dienone is 7. The van der Waals surface area contributed by atoms with Crippen LogP contribution in [0.3, 0.4) is 0 Å². The van der Waals surface area contributed by atoms with Crippen LogP contribution in [0.1, 0.15) is 78.6 Å². The van der Waals surface area contributed by atoms with Gasteiger partial charge in [-0.25, -0.2) is 0 Å². The maximum absolute atomic E-state index is 2.56. The summed E-state index contributed by atoms with van der Waals surface area (Å²) in [5.74, 6) is 0.397. The number of para-hydroxylation sites is 1. The Morgan fingerprint density at radius 1 is 0.463 bits per heavy atom. The smallest absolute Gasteiger partial charge is 0.0713 e. The Labute approximate surface area is 395 Å². The van der Waals surface area contributed by atoms with Crippen LogP contribution in [0.15, 0.2) is 236 Å². The summed E-state index contributed by atoms with van der Waals surface area (Å²) >= 11 is 0. The van der Waals surface area contributed by atoms with Gasteiger partial charge in [-0.3, -0.25) is 0 Å². The standard InChI is InChI=1S/C65H52N2/c1-63(2)55-28-16-13-27-53(55)54-41-49(34-36-56(54)63)66(48-33-31-43-19-11-12-20-44(43)39-48)50-35-38-62-60(42-50)64(3,4)59-40-46(32-37-61(59)67(62)47-23-9-6-10-24-47)65(45-21-7-5-8-22-45)57-29-17-14-25-51(57)52-26-15-18-30-58(52)65/h5-30,32-43H,31H2,1-4H3. The van der Waals surface area contributed by atoms with Gasteiger partial charge in [-0.15, -0.1) is 0 Å². The number of benzene rings is 8. The Kier molecular flexibility index (Phi) is 8.68. The molecule has 5 aliphatic rings. The largest absolute Gasteiger partial charge is 0.311 e. The van der Waals surface area contributed by atoms with Crippen LogP contribution in [-0.4, -0.2) is 0 Å². The van der Waals surface area contributed by atoms with Gasteiger partial charge >= 0.3 is 0 Å². The van der Waals surface area contributed by atoms with Gasteiger partial charge in [0, 0.05) is 39.5 Å². The Hall–Kier alpha value is -7.68. The molecule has 13 rings (SSSR count). The molecule has 0 N–H and O–H groups in total. The number of rotatable bonds is 6. The predicted octanol–water partition coefficient (Wildman–Crippen LogP) is 16.6. The third-order valence-corrected chi connectivity index (χ3v) is 15.8. The first-order chi connectivity index (χ1) is 32.7. The van der Waals surface area contributed by atoms with E-state index in [4.69, 9.17) is 0 Å². The van der Waals surface area contributed by atoms with Crippen molar-refractivity contribution in [1.29, 1.82) is 0 Å². The van der Waals surface area contributed by atoms with E-state index >= 15 is 0 Å². The third kappa shape index (κ3) is 5.69. The monoisotopic (exact) mass is 860 g/mol. The van der Waals surface area contributed by atoms with Crippen molar-refractivity contribution in [3.8, 4) is 22.3 Å². The van der Waals surface area contributed by atoms with Gasteiger partial charge in [0.1, 0.15) is 0 Å². The van der Waals surface area contributed by atoms with Crippen LogP contribution in [0.5, 0.6) is 0 Å². The summed E-state index contributed by atoms with van der Waals surface area (Å²) in [6.45, 7) is 9.62. The summed E-state index contributed by atoms with van der Waals surface area (Å²) in [4.78, 5) is 5.02. The molecule has 322 valence electrons. The Morgan fingerprint density at radius 3 is 1.73 bits per heavy atom. The summed E-state index contributed by atoms with van der Waals surface area (Å²) in [5, 5.41) is 0. The van der Waals surface area contributed by atoms with Crippen molar-refractivity contribution in [3.63, 3.8) is 0 Å². The van der Waals surface area contributed by atoms with E-state index in [1.807, 2.05) is 0 Å². The van der Waals surface area contributed by atoms with Gasteiger partial charge in [0.15, 0.2) is 0 Å². The van der Waals surface area contributed by atoms with Crippen molar-refractivity contribution < 1.29 is 0 Å². The second-order valence-electron chi connectivity index (χ2n) is 20.0. The van der Waals surface area contributed by atoms with Crippen LogP contribution < -0.4 is 9.80 Å². The number of hydrogen-bond acceptors (Lipinski definition) is 2. The summed E-state index contributed by atoms with van der Waals surface area (Å²) in [6, 6.07) is 71.0. The lowest BCUT2D eigenvalue weighted by Gasteiger charge is -2.44. The molecule has 1 heterocycles. The minimum Gasteiger partial charge on any atom is -0.311 e. The first-order valence-electron chi connectivity index (χ1n) is 24.0. The summed E-state index contributed by atoms with van der Waals surface area (Å²) in [6.07, 6.45) is 14.8. The predicted molar refractivity (Wildman–Crippen MR) is 279 cm³/mol. The van der Waals surface area contributed by atoms with Crippen molar-refractivity contribution in [2.45, 2.75) is 50.4 Å². The van der Waals surface area contributed by atoms with Gasteiger partial charge in [-0.05, 0) is 133 Å². The number of fused-ring (bicyclic) bond motifs is 9. The minimum absolute atomic E-state index is 0.0709. The lowest BCUT2D eigenvalue weighted by molar-refractivity contribution is 0.627. The second kappa shape index (κ2) is 14.7. The van der Waals surface area contributed by atoms with E-state index in [1.165, 1.54) is 95.1 Å². The zero-order valence-corrected chi connectivity index (χ0v) is 38.5. The van der Waals surface area contributed by atoms with Gasteiger partial charge < -0.3 is 9.80 Å². The van der Waals surface area contributed by atoms with E-state index < -0.39 is 5.41 Å². The second-order valence-corrected chi connectivity index (χ2v) is 20.0. The maximum Gasteiger partial charge on any atom is 0.0713 e. The lowest BCUT2D eigenvalue weighted by atomic mass is 9.65. The zero-order chi connectivity index (χ0) is 45.1. The van der Waals surface area contributed by atoms with Gasteiger partial charge in [-0.2, -0.15) is 0 Å². The molecule has 8 aromatic rings. The highest BCUT2D eigenvalue weighted by Crippen LogP contribution is 2.59. The van der Waals surface area contributed by atoms with Gasteiger partial charge in [0.2, 0.25) is 0 Å². The quantitative estimate of drug-likeness (QED) is 0.164. The molecule has 8 aromatic carbocycles. The zero-order valence-electron chi connectivity index (χ0n) is 38.5. The fourth-order valence-electron chi connectivity index (χ4n) is 12.6. The third-order valence-electron chi connectivity index (χ3n) is 15.8. The fraction of sp³-hybridized carbons (Fsp3) is 0.138. The molecule has 0 amide bonds.